The number of carboxylic acids is 3. The van der Waals surface area contributed by atoms with Crippen molar-refractivity contribution < 1.29 is 101 Å². The van der Waals surface area contributed by atoms with E-state index in [1.807, 2.05) is 20.8 Å². The number of nitrogens with zero attached hydrogens (tertiary/aromatic N) is 7. The number of aromatic carboxylic acids is 3. The van der Waals surface area contributed by atoms with Gasteiger partial charge in [-0.1, -0.05) is 37.9 Å². The van der Waals surface area contributed by atoms with Gasteiger partial charge in [-0.25, -0.2) is 61.4 Å². The van der Waals surface area contributed by atoms with Gasteiger partial charge >= 0.3 is 34.0 Å². The van der Waals surface area contributed by atoms with Crippen LogP contribution in [0, 0.1) is 5.82 Å². The molecule has 9 rings (SSSR count). The van der Waals surface area contributed by atoms with Crippen molar-refractivity contribution in [2.75, 3.05) is 13.1 Å². The standard InChI is InChI=1S/C17H14FN3O4S.C10H13NO2S.C6H5NO5S.C6H3NO4S.C6H5NO2S.Cl2OS.H2O2.H2/c18-12-5-3-11(4-6-12)10-20-8-9-21-15(17(20)23)16(22)14-13(26(21,24)25)2-1-7-19-14;1-10(2,3)14-7-5-4-6-11-8(7)9(12)13;8-6(9)5-4(13-12-11-10)2-1-3-7-5;8-6-5-4(2-1-3-7-5)12(9,10)11-6;8-6(9)5-4(10)2-1-3-7-5;1-4(2)3;1-2;/h1-7,22H,8-10H2;4-6H,1-3H3,(H,12,13);1-3,10H,(H,8,9);1-3H;1-3,10H,(H,8,9);;1-2H;1H/i;;;;;;;1+1. The van der Waals surface area contributed by atoms with Crippen LogP contribution in [0.5, 0.6) is 0 Å². The summed E-state index contributed by atoms with van der Waals surface area (Å²) in [6.07, 6.45) is 6.94. The highest BCUT2D eigenvalue weighted by molar-refractivity contribution is 8.26. The summed E-state index contributed by atoms with van der Waals surface area (Å²) in [5, 5.41) is 59.6. The van der Waals surface area contributed by atoms with E-state index in [-0.39, 0.29) is 80.5 Å². The van der Waals surface area contributed by atoms with Crippen LogP contribution in [0.15, 0.2) is 146 Å². The molecule has 0 spiro atoms. The predicted octanol–water partition coefficient (Wildman–Crippen LogP) is 7.69. The van der Waals surface area contributed by atoms with Crippen molar-refractivity contribution >= 4 is 123 Å². The van der Waals surface area contributed by atoms with Crippen molar-refractivity contribution in [2.24, 2.45) is 0 Å². The molecule has 0 aliphatic carbocycles. The van der Waals surface area contributed by atoms with Gasteiger partial charge in [-0.15, -0.1) is 28.7 Å². The maximum absolute atomic E-state index is 13.0. The number of carbonyl (C=O) groups excluding carboxylic acids is 2. The second kappa shape index (κ2) is 31.9. The van der Waals surface area contributed by atoms with Crippen LogP contribution in [-0.2, 0) is 54.3 Å². The van der Waals surface area contributed by atoms with E-state index < -0.39 is 64.9 Å². The number of carbonyl (C=O) groups is 5. The van der Waals surface area contributed by atoms with Gasteiger partial charge in [0.1, 0.15) is 21.3 Å². The SMILES string of the molecule is CC(C)(C)Sc1cccnc1C(=O)O.O=C(O)c1ncccc1S.O=C(O)c1ncccc1SOOO.O=C1C2=C(O)c3ncccc3S(=O)(=O)N2CCN1Cc1ccc(F)cc1.O=C1OS(=O)(=O)c2cccnc21.O=S(Cl)Cl.OO.[2HH]. The molecule has 3 aliphatic rings. The van der Waals surface area contributed by atoms with Gasteiger partial charge in [0.2, 0.25) is 9.23 Å². The fourth-order valence-electron chi connectivity index (χ4n) is 6.23. The number of thiol groups is 1. The molecule has 3 aliphatic heterocycles. The average Bonchev–Trinajstić information content (AvgIpc) is 3.61. The Balaban J connectivity index is 0.000000356. The Morgan fingerprint density at radius 3 is 1.72 bits per heavy atom. The minimum absolute atomic E-state index is 0. The van der Waals surface area contributed by atoms with Crippen LogP contribution in [0.2, 0.25) is 0 Å². The summed E-state index contributed by atoms with van der Waals surface area (Å²) in [5.41, 5.74) is 0.0890. The van der Waals surface area contributed by atoms with Crippen molar-refractivity contribution in [3.8, 4) is 0 Å². The number of hydrogen-bond donors (Lipinski definition) is 8. The number of aliphatic hydroxyl groups is 1. The summed E-state index contributed by atoms with van der Waals surface area (Å²) in [7, 11) is -0.464. The van der Waals surface area contributed by atoms with Crippen molar-refractivity contribution in [2.45, 2.75) is 56.5 Å². The Kier molecular flexibility index (Phi) is 26.9. The van der Waals surface area contributed by atoms with Gasteiger partial charge in [0.15, 0.2) is 34.2 Å². The zero-order valence-corrected chi connectivity index (χ0v) is 47.8. The minimum atomic E-state index is -3.95. The molecule has 0 radical (unpaired) electrons. The third-order valence-corrected chi connectivity index (χ3v) is 14.5. The molecular formula is C45H44Cl2FN7O20S6. The quantitative estimate of drug-likeness (QED) is 0.0131. The first-order valence-corrected chi connectivity index (χ1v) is 29.2. The number of rotatable bonds is 9. The normalized spacial score (nSPS) is 13.9. The Labute approximate surface area is 485 Å². The summed E-state index contributed by atoms with van der Waals surface area (Å²) < 4.78 is 78.7. The van der Waals surface area contributed by atoms with E-state index in [0.29, 0.717) is 27.4 Å². The summed E-state index contributed by atoms with van der Waals surface area (Å²) in [5.74, 6) is -5.56. The molecule has 8 heterocycles. The lowest BCUT2D eigenvalue weighted by Gasteiger charge is -2.39. The summed E-state index contributed by atoms with van der Waals surface area (Å²) in [6, 6.07) is 21.0. The molecule has 1 fully saturated rings. The summed E-state index contributed by atoms with van der Waals surface area (Å²) >= 11 is 5.97. The third kappa shape index (κ3) is 20.2. The number of fused-ring (bicyclic) bond motifs is 3. The number of aromatic nitrogens is 5. The largest absolute Gasteiger partial charge is 0.504 e. The predicted molar refractivity (Wildman–Crippen MR) is 291 cm³/mol. The van der Waals surface area contributed by atoms with E-state index in [1.165, 1.54) is 96.2 Å². The van der Waals surface area contributed by atoms with Crippen molar-refractivity contribution in [1.82, 2.24) is 34.1 Å². The van der Waals surface area contributed by atoms with Gasteiger partial charge in [0.05, 0.1) is 23.5 Å². The van der Waals surface area contributed by atoms with Gasteiger partial charge in [0.25, 0.3) is 15.9 Å². The van der Waals surface area contributed by atoms with E-state index in [9.17, 15) is 50.3 Å². The maximum atomic E-state index is 13.0. The van der Waals surface area contributed by atoms with Gasteiger partial charge < -0.3 is 29.5 Å². The summed E-state index contributed by atoms with van der Waals surface area (Å²) in [4.78, 5) is 76.4. The lowest BCUT2D eigenvalue weighted by molar-refractivity contribution is -0.432. The van der Waals surface area contributed by atoms with Crippen molar-refractivity contribution in [1.29, 1.82) is 0 Å². The number of amides is 1. The number of thioether (sulfide) groups is 1. The molecule has 436 valence electrons. The first kappa shape index (κ1) is 68.3. The van der Waals surface area contributed by atoms with E-state index >= 15 is 0 Å². The Morgan fingerprint density at radius 2 is 1.22 bits per heavy atom. The smallest absolute Gasteiger partial charge is 0.374 e. The van der Waals surface area contributed by atoms with E-state index in [1.54, 1.807) is 36.4 Å². The number of piperazine rings is 1. The van der Waals surface area contributed by atoms with Crippen LogP contribution in [0.25, 0.3) is 5.76 Å². The Bertz CT molecular complexity index is 3500. The van der Waals surface area contributed by atoms with Gasteiger partial charge in [-0.2, -0.15) is 8.42 Å². The van der Waals surface area contributed by atoms with Crippen LogP contribution in [0.1, 0.15) is 75.4 Å². The van der Waals surface area contributed by atoms with Gasteiger partial charge in [-0.05, 0) is 78.4 Å². The molecule has 0 atom stereocenters. The molecule has 5 aromatic heterocycles. The van der Waals surface area contributed by atoms with Crippen molar-refractivity contribution in [3.05, 3.63) is 161 Å². The topological polar surface area (TPSA) is 411 Å². The molecule has 6 aromatic rings. The highest BCUT2D eigenvalue weighted by Crippen LogP contribution is 2.37. The van der Waals surface area contributed by atoms with E-state index in [4.69, 9.17) is 35.3 Å². The average molecular weight is 1290 g/mol. The fourth-order valence-corrected chi connectivity index (χ4v) is 10.6. The number of hydrogen-bond acceptors (Lipinski definition) is 25. The number of sulfonamides is 1. The third-order valence-electron chi connectivity index (χ3n) is 9.31. The lowest BCUT2D eigenvalue weighted by atomic mass is 10.1. The molecule has 27 nitrogen and oxygen atoms in total. The number of halogens is 3. The number of pyridine rings is 5. The lowest BCUT2D eigenvalue weighted by Crippen LogP contribution is -2.52. The molecule has 0 unspecified atom stereocenters. The van der Waals surface area contributed by atoms with Crippen LogP contribution in [0.4, 0.5) is 4.39 Å². The van der Waals surface area contributed by atoms with Crippen LogP contribution >= 0.6 is 57.8 Å². The highest BCUT2D eigenvalue weighted by Gasteiger charge is 2.45. The summed E-state index contributed by atoms with van der Waals surface area (Å²) in [6.45, 7) is 6.46. The van der Waals surface area contributed by atoms with Gasteiger partial charge in [0, 0.05) is 81.4 Å². The van der Waals surface area contributed by atoms with Crippen LogP contribution in [-0.4, -0.2) is 139 Å². The molecule has 1 aromatic carbocycles. The van der Waals surface area contributed by atoms with Crippen LogP contribution in [0.3, 0.4) is 0 Å². The van der Waals surface area contributed by atoms with Crippen LogP contribution < -0.4 is 0 Å². The molecule has 0 bridgehead atoms. The Morgan fingerprint density at radius 1 is 0.753 bits per heavy atom. The first-order chi connectivity index (χ1) is 38.1. The maximum Gasteiger partial charge on any atom is 0.374 e. The number of aliphatic hydroxyl groups excluding tert-OH is 1. The molecule has 36 heteroatoms. The Hall–Kier alpha value is -6.93. The molecule has 0 saturated carbocycles. The second-order valence-electron chi connectivity index (χ2n) is 15.8. The zero-order chi connectivity index (χ0) is 60.8. The van der Waals surface area contributed by atoms with Gasteiger partial charge in [-0.3, -0.25) is 24.6 Å². The van der Waals surface area contributed by atoms with E-state index in [2.05, 4.69) is 72.5 Å². The second-order valence-corrected chi connectivity index (χ2v) is 24.7. The number of benzene rings is 1. The minimum Gasteiger partial charge on any atom is -0.504 e. The zero-order valence-electron chi connectivity index (χ0n) is 41.3. The fraction of sp³-hybridized carbons (Fsp3) is 0.156. The molecular weight excluding hydrogens is 1240 g/mol. The first-order valence-electron chi connectivity index (χ1n) is 21.5. The van der Waals surface area contributed by atoms with Crippen molar-refractivity contribution in [3.63, 3.8) is 0 Å². The molecule has 1 amide bonds. The molecule has 7 N–H and O–H groups in total. The monoisotopic (exact) mass is 1280 g/mol. The number of carboxylic acid groups (broad SMARTS) is 3. The van der Waals surface area contributed by atoms with E-state index in [0.717, 1.165) is 4.31 Å². The highest BCUT2D eigenvalue weighted by atomic mass is 36.0. The molecule has 81 heavy (non-hydrogen) atoms. The molecule has 1 saturated heterocycles.